The molecule has 0 unspecified atom stereocenters. The number of H-pyrrole nitrogens is 1. The number of hydrogen-bond donors (Lipinski definition) is 2. The number of hydrogen-bond acceptors (Lipinski definition) is 3. The molecule has 1 saturated heterocycles. The number of carbonyl (C=O) groups excluding carboxylic acids is 2. The van der Waals surface area contributed by atoms with E-state index in [1.165, 1.54) is 12.1 Å². The molecule has 148 valence electrons. The maximum absolute atomic E-state index is 13.1. The zero-order valence-corrected chi connectivity index (χ0v) is 15.8. The third kappa shape index (κ3) is 4.34. The summed E-state index contributed by atoms with van der Waals surface area (Å²) >= 11 is 0. The van der Waals surface area contributed by atoms with E-state index in [4.69, 9.17) is 0 Å². The maximum Gasteiger partial charge on any atom is 0.273 e. The van der Waals surface area contributed by atoms with Crippen molar-refractivity contribution < 1.29 is 14.0 Å². The number of likely N-dealkylation sites (tertiary alicyclic amines) is 1. The van der Waals surface area contributed by atoms with Crippen LogP contribution in [0.3, 0.4) is 0 Å². The van der Waals surface area contributed by atoms with Crippen molar-refractivity contribution in [3.63, 3.8) is 0 Å². The number of nitrogens with one attached hydrogen (secondary N) is 2. The van der Waals surface area contributed by atoms with Crippen LogP contribution in [0.2, 0.25) is 0 Å². The molecule has 0 spiro atoms. The van der Waals surface area contributed by atoms with E-state index in [0.717, 1.165) is 32.4 Å². The highest BCUT2D eigenvalue weighted by Gasteiger charge is 2.19. The number of aromatic amines is 1. The average molecular weight is 392 g/mol. The molecule has 3 aromatic rings. The van der Waals surface area contributed by atoms with Crippen LogP contribution in [0.1, 0.15) is 40.1 Å². The number of carbonyl (C=O) groups is 2. The molecule has 1 aliphatic heterocycles. The lowest BCUT2D eigenvalue weighted by atomic mass is 10.1. The summed E-state index contributed by atoms with van der Waals surface area (Å²) in [5.41, 5.74) is 2.62. The van der Waals surface area contributed by atoms with Crippen LogP contribution in [0, 0.1) is 5.82 Å². The van der Waals surface area contributed by atoms with Gasteiger partial charge in [0.05, 0.1) is 5.69 Å². The van der Waals surface area contributed by atoms with E-state index in [9.17, 15) is 14.0 Å². The van der Waals surface area contributed by atoms with Crippen molar-refractivity contribution >= 4 is 17.5 Å². The van der Waals surface area contributed by atoms with E-state index in [1.807, 2.05) is 4.90 Å². The Labute approximate surface area is 167 Å². The predicted octanol–water partition coefficient (Wildman–Crippen LogP) is 4.09. The maximum atomic E-state index is 13.1. The summed E-state index contributed by atoms with van der Waals surface area (Å²) in [6.45, 7) is 1.55. The van der Waals surface area contributed by atoms with Gasteiger partial charge in [-0.1, -0.05) is 6.07 Å². The SMILES string of the molecule is O=C(Nc1cccc(C(=O)N2CCCCC2)c1)c1cc(-c2ccc(F)cc2)n[nH]1. The highest BCUT2D eigenvalue weighted by molar-refractivity contribution is 6.04. The predicted molar refractivity (Wildman–Crippen MR) is 108 cm³/mol. The van der Waals surface area contributed by atoms with Crippen LogP contribution < -0.4 is 5.32 Å². The van der Waals surface area contributed by atoms with Gasteiger partial charge in [-0.25, -0.2) is 4.39 Å². The Kier molecular flexibility index (Phi) is 5.37. The largest absolute Gasteiger partial charge is 0.339 e. The summed E-state index contributed by atoms with van der Waals surface area (Å²) < 4.78 is 13.1. The lowest BCUT2D eigenvalue weighted by Gasteiger charge is -2.26. The molecule has 0 aliphatic carbocycles. The van der Waals surface area contributed by atoms with Gasteiger partial charge in [0, 0.05) is 29.9 Å². The topological polar surface area (TPSA) is 78.1 Å². The summed E-state index contributed by atoms with van der Waals surface area (Å²) in [5.74, 6) is -0.712. The second-order valence-corrected chi connectivity index (χ2v) is 7.06. The zero-order chi connectivity index (χ0) is 20.2. The second kappa shape index (κ2) is 8.26. The van der Waals surface area contributed by atoms with Gasteiger partial charge in [-0.15, -0.1) is 0 Å². The van der Waals surface area contributed by atoms with Gasteiger partial charge in [0.2, 0.25) is 0 Å². The third-order valence-electron chi connectivity index (χ3n) is 4.97. The molecule has 0 saturated carbocycles. The zero-order valence-electron chi connectivity index (χ0n) is 15.8. The van der Waals surface area contributed by atoms with Crippen LogP contribution >= 0.6 is 0 Å². The number of aromatic nitrogens is 2. The van der Waals surface area contributed by atoms with E-state index in [0.29, 0.717) is 22.5 Å². The lowest BCUT2D eigenvalue weighted by molar-refractivity contribution is 0.0724. The van der Waals surface area contributed by atoms with E-state index in [2.05, 4.69) is 15.5 Å². The molecule has 0 atom stereocenters. The molecule has 6 nitrogen and oxygen atoms in total. The molecule has 2 amide bonds. The van der Waals surface area contributed by atoms with Gasteiger partial charge in [0.15, 0.2) is 0 Å². The monoisotopic (exact) mass is 392 g/mol. The number of piperidine rings is 1. The Bertz CT molecular complexity index is 1020. The lowest BCUT2D eigenvalue weighted by Crippen LogP contribution is -2.35. The Balaban J connectivity index is 1.46. The fourth-order valence-electron chi connectivity index (χ4n) is 3.41. The Morgan fingerprint density at radius 3 is 2.52 bits per heavy atom. The summed E-state index contributed by atoms with van der Waals surface area (Å²) in [6.07, 6.45) is 3.21. The highest BCUT2D eigenvalue weighted by atomic mass is 19.1. The van der Waals surface area contributed by atoms with Crippen molar-refractivity contribution in [2.75, 3.05) is 18.4 Å². The van der Waals surface area contributed by atoms with Crippen LogP contribution in [-0.4, -0.2) is 40.0 Å². The van der Waals surface area contributed by atoms with E-state index in [1.54, 1.807) is 42.5 Å². The standard InChI is InChI=1S/C22H21FN4O2/c23-17-9-7-15(8-10-17)19-14-20(26-25-19)21(28)24-18-6-4-5-16(13-18)22(29)27-11-2-1-3-12-27/h4-10,13-14H,1-3,11-12H2,(H,24,28)(H,25,26). The number of halogens is 1. The van der Waals surface area contributed by atoms with Gasteiger partial charge in [-0.2, -0.15) is 5.10 Å². The van der Waals surface area contributed by atoms with Gasteiger partial charge >= 0.3 is 0 Å². The molecular weight excluding hydrogens is 371 g/mol. The van der Waals surface area contributed by atoms with E-state index < -0.39 is 0 Å². The molecule has 29 heavy (non-hydrogen) atoms. The molecule has 0 bridgehead atoms. The van der Waals surface area contributed by atoms with Crippen LogP contribution in [-0.2, 0) is 0 Å². The van der Waals surface area contributed by atoms with Gasteiger partial charge in [-0.05, 0) is 67.8 Å². The number of amides is 2. The molecular formula is C22H21FN4O2. The van der Waals surface area contributed by atoms with Gasteiger partial charge in [0.1, 0.15) is 11.5 Å². The van der Waals surface area contributed by atoms with Gasteiger partial charge < -0.3 is 10.2 Å². The van der Waals surface area contributed by atoms with Gasteiger partial charge in [-0.3, -0.25) is 14.7 Å². The molecule has 7 heteroatoms. The highest BCUT2D eigenvalue weighted by Crippen LogP contribution is 2.20. The fraction of sp³-hybridized carbons (Fsp3) is 0.227. The average Bonchev–Trinajstić information content (AvgIpc) is 3.25. The molecule has 2 aromatic carbocycles. The first-order valence-corrected chi connectivity index (χ1v) is 9.62. The smallest absolute Gasteiger partial charge is 0.273 e. The fourth-order valence-corrected chi connectivity index (χ4v) is 3.41. The van der Waals surface area contributed by atoms with Gasteiger partial charge in [0.25, 0.3) is 11.8 Å². The van der Waals surface area contributed by atoms with Crippen molar-refractivity contribution in [3.8, 4) is 11.3 Å². The number of rotatable bonds is 4. The van der Waals surface area contributed by atoms with Crippen LogP contribution in [0.4, 0.5) is 10.1 Å². The van der Waals surface area contributed by atoms with E-state index in [-0.39, 0.29) is 23.3 Å². The summed E-state index contributed by atoms with van der Waals surface area (Å²) in [6, 6.07) is 14.4. The van der Waals surface area contributed by atoms with E-state index >= 15 is 0 Å². The third-order valence-corrected chi connectivity index (χ3v) is 4.97. The molecule has 1 aliphatic rings. The summed E-state index contributed by atoms with van der Waals surface area (Å²) in [7, 11) is 0. The van der Waals surface area contributed by atoms with Crippen molar-refractivity contribution in [1.82, 2.24) is 15.1 Å². The Hall–Kier alpha value is -3.48. The van der Waals surface area contributed by atoms with Crippen molar-refractivity contribution in [1.29, 1.82) is 0 Å². The molecule has 4 rings (SSSR count). The van der Waals surface area contributed by atoms with Crippen molar-refractivity contribution in [2.24, 2.45) is 0 Å². The number of anilines is 1. The minimum absolute atomic E-state index is 0.0130. The Morgan fingerprint density at radius 2 is 1.76 bits per heavy atom. The molecule has 2 heterocycles. The first kappa shape index (κ1) is 18.9. The number of nitrogens with zero attached hydrogens (tertiary/aromatic N) is 2. The normalized spacial score (nSPS) is 13.9. The summed E-state index contributed by atoms with van der Waals surface area (Å²) in [5, 5.41) is 9.60. The quantitative estimate of drug-likeness (QED) is 0.702. The molecule has 1 aromatic heterocycles. The molecule has 2 N–H and O–H groups in total. The summed E-state index contributed by atoms with van der Waals surface area (Å²) in [4.78, 5) is 27.1. The number of benzene rings is 2. The van der Waals surface area contributed by atoms with Crippen LogP contribution in [0.5, 0.6) is 0 Å². The minimum Gasteiger partial charge on any atom is -0.339 e. The Morgan fingerprint density at radius 1 is 1.00 bits per heavy atom. The van der Waals surface area contributed by atoms with Crippen LogP contribution in [0.25, 0.3) is 11.3 Å². The minimum atomic E-state index is -0.367. The van der Waals surface area contributed by atoms with Crippen LogP contribution in [0.15, 0.2) is 54.6 Å². The first-order chi connectivity index (χ1) is 14.1. The molecule has 0 radical (unpaired) electrons. The molecule has 1 fully saturated rings. The van der Waals surface area contributed by atoms with Crippen molar-refractivity contribution in [2.45, 2.75) is 19.3 Å². The van der Waals surface area contributed by atoms with Crippen molar-refractivity contribution in [3.05, 3.63) is 71.7 Å². The first-order valence-electron chi connectivity index (χ1n) is 9.62. The second-order valence-electron chi connectivity index (χ2n) is 7.06.